The summed E-state index contributed by atoms with van der Waals surface area (Å²) in [5.41, 5.74) is 1.90. The van der Waals surface area contributed by atoms with Gasteiger partial charge in [0.2, 0.25) is 5.91 Å². The van der Waals surface area contributed by atoms with Crippen LogP contribution in [0.3, 0.4) is 0 Å². The topological polar surface area (TPSA) is 46.2 Å². The highest BCUT2D eigenvalue weighted by Gasteiger charge is 2.28. The first kappa shape index (κ1) is 19.2. The van der Waals surface area contributed by atoms with Crippen LogP contribution in [0.2, 0.25) is 10.0 Å². The highest BCUT2D eigenvalue weighted by atomic mass is 35.5. The molecule has 0 fully saturated rings. The molecular weight excluding hydrogens is 381 g/mol. The van der Waals surface area contributed by atoms with E-state index in [2.05, 4.69) is 5.32 Å². The average molecular weight is 398 g/mol. The average Bonchev–Trinajstić information content (AvgIpc) is 2.69. The Labute approximate surface area is 167 Å². The van der Waals surface area contributed by atoms with Crippen LogP contribution in [0.25, 0.3) is 0 Å². The zero-order valence-electron chi connectivity index (χ0n) is 14.4. The molecule has 1 unspecified atom stereocenters. The number of ketones is 1. The number of halogens is 2. The predicted octanol–water partition coefficient (Wildman–Crippen LogP) is 5.67. The molecule has 3 rings (SSSR count). The zero-order chi connectivity index (χ0) is 19.2. The van der Waals surface area contributed by atoms with Gasteiger partial charge in [-0.05, 0) is 36.2 Å². The van der Waals surface area contributed by atoms with Gasteiger partial charge in [-0.1, -0.05) is 77.8 Å². The van der Waals surface area contributed by atoms with Crippen LogP contribution in [0, 0.1) is 5.92 Å². The maximum absolute atomic E-state index is 13.0. The van der Waals surface area contributed by atoms with Crippen molar-refractivity contribution in [2.24, 2.45) is 5.92 Å². The minimum atomic E-state index is -0.884. The summed E-state index contributed by atoms with van der Waals surface area (Å²) in [6, 6.07) is 23.0. The summed E-state index contributed by atoms with van der Waals surface area (Å²) < 4.78 is 0. The summed E-state index contributed by atoms with van der Waals surface area (Å²) in [7, 11) is 0. The van der Waals surface area contributed by atoms with Crippen molar-refractivity contribution in [2.75, 3.05) is 5.32 Å². The molecule has 0 bridgehead atoms. The van der Waals surface area contributed by atoms with Crippen molar-refractivity contribution in [1.29, 1.82) is 0 Å². The monoisotopic (exact) mass is 397 g/mol. The van der Waals surface area contributed by atoms with E-state index in [-0.39, 0.29) is 18.1 Å². The summed E-state index contributed by atoms with van der Waals surface area (Å²) in [5, 5.41) is 3.64. The Morgan fingerprint density at radius 1 is 0.815 bits per heavy atom. The van der Waals surface area contributed by atoms with Gasteiger partial charge in [-0.3, -0.25) is 9.59 Å². The van der Waals surface area contributed by atoms with E-state index in [9.17, 15) is 9.59 Å². The number of para-hydroxylation sites is 1. The molecular formula is C22H17Cl2NO2. The first-order valence-corrected chi connectivity index (χ1v) is 9.19. The summed E-state index contributed by atoms with van der Waals surface area (Å²) in [4.78, 5) is 25.9. The number of amides is 1. The standard InChI is InChI=1S/C22H17Cl2NO2/c23-19-12-11-15(14-20(19)24)13-18(21(26)16-7-3-1-4-8-16)22(27)25-17-9-5-2-6-10-17/h1-12,14,18H,13H2,(H,25,27). The van der Waals surface area contributed by atoms with Crippen molar-refractivity contribution >= 4 is 40.6 Å². The first-order valence-electron chi connectivity index (χ1n) is 8.43. The Balaban J connectivity index is 1.89. The number of carbonyl (C=O) groups is 2. The minimum Gasteiger partial charge on any atom is -0.325 e. The SMILES string of the molecule is O=C(Nc1ccccc1)C(Cc1ccc(Cl)c(Cl)c1)C(=O)c1ccccc1. The number of rotatable bonds is 6. The lowest BCUT2D eigenvalue weighted by Crippen LogP contribution is -2.31. The Bertz CT molecular complexity index is 943. The molecule has 27 heavy (non-hydrogen) atoms. The van der Waals surface area contributed by atoms with Gasteiger partial charge < -0.3 is 5.32 Å². The number of nitrogens with one attached hydrogen (secondary N) is 1. The smallest absolute Gasteiger partial charge is 0.235 e. The van der Waals surface area contributed by atoms with Crippen LogP contribution in [0.1, 0.15) is 15.9 Å². The fourth-order valence-electron chi connectivity index (χ4n) is 2.76. The van der Waals surface area contributed by atoms with E-state index in [0.717, 1.165) is 5.56 Å². The zero-order valence-corrected chi connectivity index (χ0v) is 15.9. The number of hydrogen-bond donors (Lipinski definition) is 1. The Hall–Kier alpha value is -2.62. The number of Topliss-reactive ketones (excluding diaryl/α,β-unsaturated/α-hetero) is 1. The van der Waals surface area contributed by atoms with Gasteiger partial charge in [0.1, 0.15) is 5.92 Å². The fourth-order valence-corrected chi connectivity index (χ4v) is 3.08. The number of hydrogen-bond acceptors (Lipinski definition) is 2. The van der Waals surface area contributed by atoms with E-state index in [1.165, 1.54) is 0 Å². The van der Waals surface area contributed by atoms with Crippen LogP contribution in [0.4, 0.5) is 5.69 Å². The lowest BCUT2D eigenvalue weighted by molar-refractivity contribution is -0.118. The fraction of sp³-hybridized carbons (Fsp3) is 0.0909. The van der Waals surface area contributed by atoms with Gasteiger partial charge in [0.25, 0.3) is 0 Å². The van der Waals surface area contributed by atoms with E-state index in [0.29, 0.717) is 21.3 Å². The third-order valence-electron chi connectivity index (χ3n) is 4.16. The Morgan fingerprint density at radius 2 is 1.44 bits per heavy atom. The second-order valence-electron chi connectivity index (χ2n) is 6.09. The third-order valence-corrected chi connectivity index (χ3v) is 4.90. The highest BCUT2D eigenvalue weighted by Crippen LogP contribution is 2.25. The molecule has 1 amide bonds. The van der Waals surface area contributed by atoms with E-state index in [4.69, 9.17) is 23.2 Å². The Morgan fingerprint density at radius 3 is 2.07 bits per heavy atom. The molecule has 0 aliphatic rings. The van der Waals surface area contributed by atoms with Crippen LogP contribution in [0.15, 0.2) is 78.9 Å². The van der Waals surface area contributed by atoms with Gasteiger partial charge in [-0.2, -0.15) is 0 Å². The number of anilines is 1. The lowest BCUT2D eigenvalue weighted by Gasteiger charge is -2.17. The second kappa shape index (κ2) is 8.85. The molecule has 3 aromatic carbocycles. The van der Waals surface area contributed by atoms with E-state index in [1.807, 2.05) is 24.3 Å². The maximum atomic E-state index is 13.0. The van der Waals surface area contributed by atoms with Crippen LogP contribution in [0.5, 0.6) is 0 Å². The van der Waals surface area contributed by atoms with Gasteiger partial charge in [-0.15, -0.1) is 0 Å². The van der Waals surface area contributed by atoms with Gasteiger partial charge in [0.15, 0.2) is 5.78 Å². The molecule has 0 radical (unpaired) electrons. The number of benzene rings is 3. The molecule has 1 N–H and O–H groups in total. The van der Waals surface area contributed by atoms with Gasteiger partial charge >= 0.3 is 0 Å². The van der Waals surface area contributed by atoms with E-state index < -0.39 is 5.92 Å². The largest absolute Gasteiger partial charge is 0.325 e. The molecule has 0 aliphatic carbocycles. The summed E-state index contributed by atoms with van der Waals surface area (Å²) in [5.74, 6) is -1.49. The molecule has 0 saturated heterocycles. The Kier molecular flexibility index (Phi) is 6.28. The molecule has 5 heteroatoms. The molecule has 0 aliphatic heterocycles. The highest BCUT2D eigenvalue weighted by molar-refractivity contribution is 6.42. The van der Waals surface area contributed by atoms with Gasteiger partial charge in [-0.25, -0.2) is 0 Å². The lowest BCUT2D eigenvalue weighted by atomic mass is 9.90. The van der Waals surface area contributed by atoms with Crippen molar-refractivity contribution in [3.63, 3.8) is 0 Å². The quantitative estimate of drug-likeness (QED) is 0.429. The van der Waals surface area contributed by atoms with Crippen molar-refractivity contribution in [2.45, 2.75) is 6.42 Å². The van der Waals surface area contributed by atoms with Gasteiger partial charge in [0, 0.05) is 11.3 Å². The minimum absolute atomic E-state index is 0.225. The second-order valence-corrected chi connectivity index (χ2v) is 6.91. The molecule has 1 atom stereocenters. The van der Waals surface area contributed by atoms with Crippen LogP contribution >= 0.6 is 23.2 Å². The molecule has 3 aromatic rings. The van der Waals surface area contributed by atoms with Crippen LogP contribution in [-0.2, 0) is 11.2 Å². The summed E-state index contributed by atoms with van der Waals surface area (Å²) >= 11 is 12.1. The summed E-state index contributed by atoms with van der Waals surface area (Å²) in [6.07, 6.45) is 0.225. The van der Waals surface area contributed by atoms with E-state index in [1.54, 1.807) is 54.6 Å². The van der Waals surface area contributed by atoms with Gasteiger partial charge in [0.05, 0.1) is 10.0 Å². The van der Waals surface area contributed by atoms with Crippen LogP contribution in [-0.4, -0.2) is 11.7 Å². The normalized spacial score (nSPS) is 11.6. The third kappa shape index (κ3) is 4.97. The van der Waals surface area contributed by atoms with Crippen LogP contribution < -0.4 is 5.32 Å². The maximum Gasteiger partial charge on any atom is 0.235 e. The predicted molar refractivity (Wildman–Crippen MR) is 110 cm³/mol. The summed E-state index contributed by atoms with van der Waals surface area (Å²) in [6.45, 7) is 0. The molecule has 136 valence electrons. The first-order chi connectivity index (χ1) is 13.0. The molecule has 0 spiro atoms. The number of carbonyl (C=O) groups excluding carboxylic acids is 2. The molecule has 0 heterocycles. The molecule has 3 nitrogen and oxygen atoms in total. The van der Waals surface area contributed by atoms with Crippen molar-refractivity contribution < 1.29 is 9.59 Å². The molecule has 0 aromatic heterocycles. The van der Waals surface area contributed by atoms with Crippen molar-refractivity contribution in [3.05, 3.63) is 100 Å². The van der Waals surface area contributed by atoms with Crippen molar-refractivity contribution in [1.82, 2.24) is 0 Å². The molecule has 0 saturated carbocycles. The van der Waals surface area contributed by atoms with E-state index >= 15 is 0 Å². The van der Waals surface area contributed by atoms with Crippen molar-refractivity contribution in [3.8, 4) is 0 Å².